The summed E-state index contributed by atoms with van der Waals surface area (Å²) < 4.78 is 52.3. The molecule has 1 aromatic rings. The number of hydrogen-bond donors (Lipinski definition) is 1. The summed E-state index contributed by atoms with van der Waals surface area (Å²) in [5, 5.41) is 3.33. The Morgan fingerprint density at radius 3 is 2.33 bits per heavy atom. The van der Waals surface area contributed by atoms with E-state index in [9.17, 15) is 17.6 Å². The van der Waals surface area contributed by atoms with E-state index in [4.69, 9.17) is 11.6 Å². The van der Waals surface area contributed by atoms with Gasteiger partial charge in [0.05, 0.1) is 0 Å². The number of aryl methyl sites for hydroxylation is 1. The Labute approximate surface area is 156 Å². The summed E-state index contributed by atoms with van der Waals surface area (Å²) in [5.74, 6) is -0.502. The number of halogens is 7. The average molecular weight is 412 g/mol. The lowest BCUT2D eigenvalue weighted by molar-refractivity contribution is -0.138. The molecular formula is C15H21Cl3F4N2. The van der Waals surface area contributed by atoms with Crippen molar-refractivity contribution in [1.29, 1.82) is 0 Å². The summed E-state index contributed by atoms with van der Waals surface area (Å²) in [6, 6.07) is 2.44. The highest BCUT2D eigenvalue weighted by molar-refractivity contribution is 6.31. The van der Waals surface area contributed by atoms with Gasteiger partial charge in [0.25, 0.3) is 0 Å². The molecule has 2 nitrogen and oxygen atoms in total. The molecule has 1 heterocycles. The number of alkyl halides is 3. The molecule has 1 atom stereocenters. The Balaban J connectivity index is 0.00000264. The van der Waals surface area contributed by atoms with Gasteiger partial charge in [-0.2, -0.15) is 13.2 Å². The normalized spacial score (nSPS) is 16.9. The smallest absolute Gasteiger partial charge is 0.314 e. The van der Waals surface area contributed by atoms with Crippen molar-refractivity contribution in [2.24, 2.45) is 0 Å². The molecule has 0 radical (unpaired) electrons. The van der Waals surface area contributed by atoms with E-state index in [-0.39, 0.29) is 41.8 Å². The second kappa shape index (κ2) is 10.0. The van der Waals surface area contributed by atoms with Crippen LogP contribution >= 0.6 is 36.4 Å². The first kappa shape index (κ1) is 23.7. The van der Waals surface area contributed by atoms with Crippen molar-refractivity contribution < 1.29 is 17.6 Å². The molecule has 24 heavy (non-hydrogen) atoms. The third-order valence-electron chi connectivity index (χ3n) is 3.95. The molecule has 0 spiro atoms. The maximum absolute atomic E-state index is 14.5. The van der Waals surface area contributed by atoms with Crippen molar-refractivity contribution in [3.8, 4) is 0 Å². The summed E-state index contributed by atoms with van der Waals surface area (Å²) in [5.41, 5.74) is 0.583. The molecule has 1 fully saturated rings. The zero-order chi connectivity index (χ0) is 16.3. The second-order valence-electron chi connectivity index (χ2n) is 5.55. The first-order valence-electron chi connectivity index (χ1n) is 7.25. The minimum atomic E-state index is -4.26. The minimum Gasteiger partial charge on any atom is -0.314 e. The summed E-state index contributed by atoms with van der Waals surface area (Å²) >= 11 is 6.10. The predicted molar refractivity (Wildman–Crippen MR) is 93.1 cm³/mol. The summed E-state index contributed by atoms with van der Waals surface area (Å²) in [4.78, 5) is 1.88. The van der Waals surface area contributed by atoms with Crippen molar-refractivity contribution >= 4 is 36.4 Å². The summed E-state index contributed by atoms with van der Waals surface area (Å²) in [7, 11) is 0. The Morgan fingerprint density at radius 2 is 1.79 bits per heavy atom. The van der Waals surface area contributed by atoms with Gasteiger partial charge in [-0.25, -0.2) is 4.39 Å². The third-order valence-corrected chi connectivity index (χ3v) is 4.28. The van der Waals surface area contributed by atoms with Crippen molar-refractivity contribution in [2.45, 2.75) is 32.0 Å². The zero-order valence-corrected chi connectivity index (χ0v) is 15.5. The highest BCUT2D eigenvalue weighted by Gasteiger charge is 2.33. The molecule has 9 heteroatoms. The van der Waals surface area contributed by atoms with Gasteiger partial charge in [0.2, 0.25) is 0 Å². The van der Waals surface area contributed by atoms with Gasteiger partial charge < -0.3 is 5.32 Å². The van der Waals surface area contributed by atoms with Crippen LogP contribution in [0.3, 0.4) is 0 Å². The highest BCUT2D eigenvalue weighted by atomic mass is 35.5. The van der Waals surface area contributed by atoms with Crippen LogP contribution in [0.2, 0.25) is 5.02 Å². The highest BCUT2D eigenvalue weighted by Crippen LogP contribution is 2.37. The van der Waals surface area contributed by atoms with Crippen molar-refractivity contribution in [3.63, 3.8) is 0 Å². The van der Waals surface area contributed by atoms with Crippen LogP contribution < -0.4 is 5.32 Å². The van der Waals surface area contributed by atoms with Crippen molar-refractivity contribution in [3.05, 3.63) is 34.1 Å². The van der Waals surface area contributed by atoms with E-state index in [2.05, 4.69) is 5.32 Å². The van der Waals surface area contributed by atoms with E-state index >= 15 is 0 Å². The first-order valence-corrected chi connectivity index (χ1v) is 7.63. The van der Waals surface area contributed by atoms with Gasteiger partial charge in [-0.1, -0.05) is 17.7 Å². The lowest BCUT2D eigenvalue weighted by Crippen LogP contribution is -2.45. The lowest BCUT2D eigenvalue weighted by atomic mass is 9.97. The molecule has 2 rings (SSSR count). The van der Waals surface area contributed by atoms with Crippen LogP contribution in [-0.4, -0.2) is 37.3 Å². The summed E-state index contributed by atoms with van der Waals surface area (Å²) in [6.07, 6.45) is -5.41. The number of piperazine rings is 1. The monoisotopic (exact) mass is 410 g/mol. The van der Waals surface area contributed by atoms with Gasteiger partial charge in [-0.15, -0.1) is 24.8 Å². The fourth-order valence-electron chi connectivity index (χ4n) is 2.79. The summed E-state index contributed by atoms with van der Waals surface area (Å²) in [6.45, 7) is 4.09. The molecule has 1 aliphatic heterocycles. The van der Waals surface area contributed by atoms with E-state index < -0.39 is 24.5 Å². The fourth-order valence-corrected chi connectivity index (χ4v) is 3.06. The van der Waals surface area contributed by atoms with Crippen LogP contribution in [0.1, 0.15) is 30.0 Å². The van der Waals surface area contributed by atoms with E-state index in [1.54, 1.807) is 19.1 Å². The molecule has 0 aliphatic carbocycles. The van der Waals surface area contributed by atoms with Crippen LogP contribution in [0.15, 0.2) is 12.1 Å². The van der Waals surface area contributed by atoms with E-state index in [1.807, 2.05) is 4.90 Å². The van der Waals surface area contributed by atoms with Crippen molar-refractivity contribution in [2.75, 3.05) is 26.2 Å². The maximum atomic E-state index is 14.5. The topological polar surface area (TPSA) is 15.3 Å². The number of rotatable bonds is 4. The number of benzene rings is 1. The fraction of sp³-hybridized carbons (Fsp3) is 0.600. The largest absolute Gasteiger partial charge is 0.389 e. The predicted octanol–water partition coefficient (Wildman–Crippen LogP) is 4.92. The minimum absolute atomic E-state index is 0. The van der Waals surface area contributed by atoms with Crippen LogP contribution in [0.5, 0.6) is 0 Å². The number of nitrogens with zero attached hydrogens (tertiary/aromatic N) is 1. The first-order chi connectivity index (χ1) is 10.3. The Bertz CT molecular complexity index is 520. The molecule has 1 aromatic carbocycles. The van der Waals surface area contributed by atoms with Gasteiger partial charge in [0.1, 0.15) is 5.82 Å². The van der Waals surface area contributed by atoms with Crippen LogP contribution in [0.25, 0.3) is 0 Å². The van der Waals surface area contributed by atoms with Gasteiger partial charge in [-0.05, 0) is 25.0 Å². The van der Waals surface area contributed by atoms with Crippen LogP contribution in [0.4, 0.5) is 17.6 Å². The van der Waals surface area contributed by atoms with Crippen LogP contribution in [-0.2, 0) is 0 Å². The zero-order valence-electron chi connectivity index (χ0n) is 13.1. The molecule has 0 saturated carbocycles. The molecule has 0 unspecified atom stereocenters. The Kier molecular flexibility index (Phi) is 9.91. The number of hydrogen-bond acceptors (Lipinski definition) is 2. The third kappa shape index (κ3) is 6.23. The SMILES string of the molecule is Cc1ccc(Cl)c([C@@H](CCC(F)(F)F)N2CCNCC2)c1F.Cl.Cl. The average Bonchev–Trinajstić information content (AvgIpc) is 2.46. The molecule has 1 saturated heterocycles. The Morgan fingerprint density at radius 1 is 1.21 bits per heavy atom. The second-order valence-corrected chi connectivity index (χ2v) is 5.95. The van der Waals surface area contributed by atoms with E-state index in [1.165, 1.54) is 0 Å². The molecule has 0 amide bonds. The standard InChI is InChI=1S/C15H19ClF4N2.2ClH/c1-10-2-3-11(16)13(14(10)17)12(4-5-15(18,19)20)22-8-6-21-7-9-22;;/h2-3,12,21H,4-9H2,1H3;2*1H/t12-;;/m1../s1. The molecule has 1 N–H and O–H groups in total. The van der Waals surface area contributed by atoms with Gasteiger partial charge in [-0.3, -0.25) is 4.90 Å². The molecule has 0 aromatic heterocycles. The van der Waals surface area contributed by atoms with E-state index in [0.29, 0.717) is 31.7 Å². The molecule has 140 valence electrons. The van der Waals surface area contributed by atoms with Gasteiger partial charge in [0.15, 0.2) is 0 Å². The number of nitrogens with one attached hydrogen (secondary N) is 1. The molecular weight excluding hydrogens is 391 g/mol. The Hall–Kier alpha value is -0.270. The van der Waals surface area contributed by atoms with E-state index in [0.717, 1.165) is 0 Å². The van der Waals surface area contributed by atoms with Gasteiger partial charge in [0, 0.05) is 49.2 Å². The maximum Gasteiger partial charge on any atom is 0.389 e. The quantitative estimate of drug-likeness (QED) is 0.708. The van der Waals surface area contributed by atoms with Gasteiger partial charge >= 0.3 is 6.18 Å². The molecule has 1 aliphatic rings. The molecule has 0 bridgehead atoms. The lowest BCUT2D eigenvalue weighted by Gasteiger charge is -2.36. The van der Waals surface area contributed by atoms with Crippen LogP contribution in [0, 0.1) is 12.7 Å². The van der Waals surface area contributed by atoms with Crippen molar-refractivity contribution in [1.82, 2.24) is 10.2 Å².